The summed E-state index contributed by atoms with van der Waals surface area (Å²) < 4.78 is 25.4. The number of carboxylic acid groups (broad SMARTS) is 1. The van der Waals surface area contributed by atoms with Crippen LogP contribution in [0.3, 0.4) is 0 Å². The number of rotatable bonds is 6. The van der Waals surface area contributed by atoms with Crippen LogP contribution in [0.1, 0.15) is 6.92 Å². The molecule has 19 heavy (non-hydrogen) atoms. The average Bonchev–Trinajstić information content (AvgIpc) is 2.35. The Morgan fingerprint density at radius 1 is 1.37 bits per heavy atom. The first-order valence-corrected chi connectivity index (χ1v) is 8.06. The van der Waals surface area contributed by atoms with Crippen LogP contribution in [0.15, 0.2) is 34.1 Å². The molecule has 1 atom stereocenters. The summed E-state index contributed by atoms with van der Waals surface area (Å²) >= 11 is 1.24. The Balaban J connectivity index is 3.01. The Bertz CT molecular complexity index is 555. The summed E-state index contributed by atoms with van der Waals surface area (Å²) in [5.41, 5.74) is 0. The SMILES string of the molecule is CC(CSc1ccccc1S(=O)(=O)N(C)C)C(=O)O. The number of sulfonamides is 1. The summed E-state index contributed by atoms with van der Waals surface area (Å²) in [6, 6.07) is 6.61. The van der Waals surface area contributed by atoms with E-state index >= 15 is 0 Å². The lowest BCUT2D eigenvalue weighted by molar-refractivity contribution is -0.140. The van der Waals surface area contributed by atoms with Gasteiger partial charge in [-0.2, -0.15) is 0 Å². The van der Waals surface area contributed by atoms with Crippen molar-refractivity contribution < 1.29 is 18.3 Å². The summed E-state index contributed by atoms with van der Waals surface area (Å²) in [4.78, 5) is 11.6. The third-order valence-electron chi connectivity index (χ3n) is 2.52. The van der Waals surface area contributed by atoms with E-state index in [0.717, 1.165) is 4.31 Å². The van der Waals surface area contributed by atoms with Crippen molar-refractivity contribution in [3.8, 4) is 0 Å². The van der Waals surface area contributed by atoms with Gasteiger partial charge in [-0.15, -0.1) is 11.8 Å². The van der Waals surface area contributed by atoms with Gasteiger partial charge in [0.2, 0.25) is 10.0 Å². The maximum atomic E-state index is 12.1. The monoisotopic (exact) mass is 303 g/mol. The Labute approximate surface area is 117 Å². The first kappa shape index (κ1) is 16.0. The van der Waals surface area contributed by atoms with Crippen LogP contribution in [0.2, 0.25) is 0 Å². The van der Waals surface area contributed by atoms with E-state index in [1.807, 2.05) is 0 Å². The zero-order chi connectivity index (χ0) is 14.6. The molecule has 7 heteroatoms. The summed E-state index contributed by atoms with van der Waals surface area (Å²) in [6.07, 6.45) is 0. The molecule has 0 spiro atoms. The van der Waals surface area contributed by atoms with Crippen LogP contribution >= 0.6 is 11.8 Å². The Morgan fingerprint density at radius 3 is 2.47 bits per heavy atom. The molecule has 5 nitrogen and oxygen atoms in total. The molecule has 0 amide bonds. The lowest BCUT2D eigenvalue weighted by atomic mass is 10.2. The number of hydrogen-bond acceptors (Lipinski definition) is 4. The molecule has 0 fully saturated rings. The van der Waals surface area contributed by atoms with Crippen LogP contribution < -0.4 is 0 Å². The quantitative estimate of drug-likeness (QED) is 0.810. The van der Waals surface area contributed by atoms with Crippen molar-refractivity contribution in [3.63, 3.8) is 0 Å². The van der Waals surface area contributed by atoms with Gasteiger partial charge in [0.05, 0.1) is 10.8 Å². The third kappa shape index (κ3) is 3.95. The minimum absolute atomic E-state index is 0.211. The normalized spacial score (nSPS) is 13.5. The highest BCUT2D eigenvalue weighted by Crippen LogP contribution is 2.29. The molecule has 1 rings (SSSR count). The molecule has 0 heterocycles. The summed E-state index contributed by atoms with van der Waals surface area (Å²) in [6.45, 7) is 1.60. The van der Waals surface area contributed by atoms with Crippen LogP contribution in [0.4, 0.5) is 0 Å². The fourth-order valence-electron chi connectivity index (χ4n) is 1.27. The van der Waals surface area contributed by atoms with Crippen LogP contribution in [0.5, 0.6) is 0 Å². The maximum absolute atomic E-state index is 12.1. The molecule has 0 aromatic heterocycles. The Kier molecular flexibility index (Phi) is 5.39. The number of nitrogens with zero attached hydrogens (tertiary/aromatic N) is 1. The molecule has 1 unspecified atom stereocenters. The van der Waals surface area contributed by atoms with Gasteiger partial charge < -0.3 is 5.11 Å². The highest BCUT2D eigenvalue weighted by atomic mass is 32.2. The number of thioether (sulfide) groups is 1. The van der Waals surface area contributed by atoms with Crippen LogP contribution in [-0.4, -0.2) is 43.6 Å². The zero-order valence-corrected chi connectivity index (χ0v) is 12.7. The summed E-state index contributed by atoms with van der Waals surface area (Å²) in [7, 11) is -0.573. The van der Waals surface area contributed by atoms with Crippen molar-refractivity contribution >= 4 is 27.8 Å². The molecule has 106 valence electrons. The molecular formula is C12H17NO4S2. The maximum Gasteiger partial charge on any atom is 0.307 e. The number of hydrogen-bond donors (Lipinski definition) is 1. The lowest BCUT2D eigenvalue weighted by Crippen LogP contribution is -2.23. The predicted molar refractivity (Wildman–Crippen MR) is 74.8 cm³/mol. The van der Waals surface area contributed by atoms with Gasteiger partial charge in [-0.1, -0.05) is 19.1 Å². The van der Waals surface area contributed by atoms with E-state index < -0.39 is 21.9 Å². The molecule has 1 aromatic carbocycles. The number of carbonyl (C=O) groups is 1. The fourth-order valence-corrected chi connectivity index (χ4v) is 3.68. The molecular weight excluding hydrogens is 286 g/mol. The molecule has 1 aromatic rings. The van der Waals surface area contributed by atoms with Gasteiger partial charge in [0, 0.05) is 24.7 Å². The zero-order valence-electron chi connectivity index (χ0n) is 11.0. The fraction of sp³-hybridized carbons (Fsp3) is 0.417. The van der Waals surface area contributed by atoms with Crippen molar-refractivity contribution in [1.82, 2.24) is 4.31 Å². The van der Waals surface area contributed by atoms with E-state index in [0.29, 0.717) is 10.6 Å². The Morgan fingerprint density at radius 2 is 1.95 bits per heavy atom. The van der Waals surface area contributed by atoms with E-state index in [2.05, 4.69) is 0 Å². The first-order valence-electron chi connectivity index (χ1n) is 5.64. The second-order valence-electron chi connectivity index (χ2n) is 4.28. The molecule has 0 aliphatic heterocycles. The van der Waals surface area contributed by atoms with Gasteiger partial charge in [0.1, 0.15) is 0 Å². The van der Waals surface area contributed by atoms with Gasteiger partial charge in [0.15, 0.2) is 0 Å². The van der Waals surface area contributed by atoms with E-state index in [4.69, 9.17) is 5.11 Å². The number of benzene rings is 1. The van der Waals surface area contributed by atoms with Crippen LogP contribution in [0, 0.1) is 5.92 Å². The molecule has 0 saturated heterocycles. The highest BCUT2D eigenvalue weighted by molar-refractivity contribution is 8.00. The largest absolute Gasteiger partial charge is 0.481 e. The van der Waals surface area contributed by atoms with Crippen molar-refractivity contribution in [2.75, 3.05) is 19.8 Å². The standard InChI is InChI=1S/C12H17NO4S2/c1-9(12(14)15)8-18-10-6-4-5-7-11(10)19(16,17)13(2)3/h4-7,9H,8H2,1-3H3,(H,14,15). The predicted octanol–water partition coefficient (Wildman–Crippen LogP) is 1.75. The van der Waals surface area contributed by atoms with Gasteiger partial charge in [-0.05, 0) is 12.1 Å². The number of aliphatic carboxylic acids is 1. The van der Waals surface area contributed by atoms with Crippen molar-refractivity contribution in [3.05, 3.63) is 24.3 Å². The van der Waals surface area contributed by atoms with E-state index in [1.165, 1.54) is 31.9 Å². The molecule has 0 aliphatic carbocycles. The second kappa shape index (κ2) is 6.40. The van der Waals surface area contributed by atoms with Gasteiger partial charge in [-0.25, -0.2) is 12.7 Å². The minimum Gasteiger partial charge on any atom is -0.481 e. The second-order valence-corrected chi connectivity index (χ2v) is 7.47. The molecule has 1 N–H and O–H groups in total. The van der Waals surface area contributed by atoms with Gasteiger partial charge in [-0.3, -0.25) is 4.79 Å². The molecule has 0 radical (unpaired) electrons. The first-order chi connectivity index (χ1) is 8.76. The average molecular weight is 303 g/mol. The van der Waals surface area contributed by atoms with Crippen LogP contribution in [0.25, 0.3) is 0 Å². The smallest absolute Gasteiger partial charge is 0.307 e. The van der Waals surface area contributed by atoms with Crippen molar-refractivity contribution in [2.45, 2.75) is 16.7 Å². The van der Waals surface area contributed by atoms with Gasteiger partial charge >= 0.3 is 5.97 Å². The minimum atomic E-state index is -3.51. The molecule has 0 bridgehead atoms. The lowest BCUT2D eigenvalue weighted by Gasteiger charge is -2.15. The number of carboxylic acids is 1. The topological polar surface area (TPSA) is 74.7 Å². The summed E-state index contributed by atoms with van der Waals surface area (Å²) in [5.74, 6) is -1.09. The highest BCUT2D eigenvalue weighted by Gasteiger charge is 2.21. The molecule has 0 aliphatic rings. The Hall–Kier alpha value is -1.05. The molecule has 0 saturated carbocycles. The van der Waals surface area contributed by atoms with Gasteiger partial charge in [0.25, 0.3) is 0 Å². The van der Waals surface area contributed by atoms with E-state index in [-0.39, 0.29) is 4.90 Å². The summed E-state index contributed by atoms with van der Waals surface area (Å²) in [5, 5.41) is 8.84. The van der Waals surface area contributed by atoms with Crippen molar-refractivity contribution in [2.24, 2.45) is 5.92 Å². The van der Waals surface area contributed by atoms with E-state index in [1.54, 1.807) is 25.1 Å². The third-order valence-corrected chi connectivity index (χ3v) is 5.85. The van der Waals surface area contributed by atoms with Crippen molar-refractivity contribution in [1.29, 1.82) is 0 Å². The van der Waals surface area contributed by atoms with E-state index in [9.17, 15) is 13.2 Å². The van der Waals surface area contributed by atoms with Crippen LogP contribution in [-0.2, 0) is 14.8 Å².